The monoisotopic (exact) mass is 486 g/mol. The molecule has 9 heteroatoms. The largest absolute Gasteiger partial charge is 0.463 e. The fourth-order valence-electron chi connectivity index (χ4n) is 2.97. The fourth-order valence-corrected chi connectivity index (χ4v) is 4.18. The molecule has 2 amide bonds. The molecule has 7 nitrogen and oxygen atoms in total. The van der Waals surface area contributed by atoms with Crippen molar-refractivity contribution in [3.8, 4) is 5.69 Å². The number of thioether (sulfide) groups is 1. The zero-order valence-corrected chi connectivity index (χ0v) is 18.1. The van der Waals surface area contributed by atoms with Crippen molar-refractivity contribution in [2.75, 3.05) is 7.11 Å². The van der Waals surface area contributed by atoms with Crippen LogP contribution in [0.2, 0.25) is 0 Å². The number of carbonyl (C=O) groups is 3. The molecule has 4 rings (SSSR count). The Labute approximate surface area is 184 Å². The van der Waals surface area contributed by atoms with Crippen molar-refractivity contribution in [1.82, 2.24) is 9.47 Å². The molecular formula is C21H15BrN2O5S. The van der Waals surface area contributed by atoms with Gasteiger partial charge in [-0.1, -0.05) is 22.0 Å². The number of imide groups is 1. The number of benzene rings is 1. The highest BCUT2D eigenvalue weighted by Gasteiger charge is 2.36. The molecule has 0 radical (unpaired) electrons. The van der Waals surface area contributed by atoms with E-state index >= 15 is 0 Å². The van der Waals surface area contributed by atoms with Crippen LogP contribution in [0.4, 0.5) is 4.79 Å². The Hall–Kier alpha value is -3.04. The minimum atomic E-state index is -0.622. The summed E-state index contributed by atoms with van der Waals surface area (Å²) >= 11 is 4.32. The number of nitrogens with zero attached hydrogens (tertiary/aromatic N) is 2. The molecule has 1 aliphatic heterocycles. The number of halogens is 1. The van der Waals surface area contributed by atoms with Crippen molar-refractivity contribution in [2.45, 2.75) is 6.54 Å². The van der Waals surface area contributed by atoms with E-state index in [1.807, 2.05) is 47.2 Å². The molecular weight excluding hydrogens is 472 g/mol. The standard InChI is InChI=1S/C21H15BrN2O5S/c1-28-20(26)17-8-7-16(29-17)12-24-19(25)18(30-21(24)27)11-15-6-3-9-23(15)14-5-2-4-13(22)10-14/h2-11H,12H2,1H3. The second kappa shape index (κ2) is 8.37. The second-order valence-electron chi connectivity index (χ2n) is 6.31. The lowest BCUT2D eigenvalue weighted by atomic mass is 10.3. The van der Waals surface area contributed by atoms with Crippen molar-refractivity contribution in [3.63, 3.8) is 0 Å². The SMILES string of the molecule is COC(=O)c1ccc(CN2C(=O)SC(=Cc3cccn3-c3cccc(Br)c3)C2=O)o1. The number of amides is 2. The van der Waals surface area contributed by atoms with E-state index in [0.717, 1.165) is 32.5 Å². The number of ether oxygens (including phenoxy) is 1. The van der Waals surface area contributed by atoms with E-state index in [1.165, 1.54) is 19.2 Å². The van der Waals surface area contributed by atoms with Gasteiger partial charge < -0.3 is 13.7 Å². The van der Waals surface area contributed by atoms with E-state index in [4.69, 9.17) is 4.42 Å². The molecule has 0 unspecified atom stereocenters. The van der Waals surface area contributed by atoms with Crippen LogP contribution in [0.3, 0.4) is 0 Å². The molecule has 30 heavy (non-hydrogen) atoms. The normalized spacial score (nSPS) is 15.3. The molecule has 2 aromatic heterocycles. The number of carbonyl (C=O) groups excluding carboxylic acids is 3. The van der Waals surface area contributed by atoms with Gasteiger partial charge in [0.05, 0.1) is 18.6 Å². The molecule has 0 bridgehead atoms. The molecule has 0 N–H and O–H groups in total. The lowest BCUT2D eigenvalue weighted by Gasteiger charge is -2.10. The van der Waals surface area contributed by atoms with Gasteiger partial charge in [0.2, 0.25) is 5.76 Å². The van der Waals surface area contributed by atoms with Crippen molar-refractivity contribution >= 4 is 50.9 Å². The number of furan rings is 1. The fraction of sp³-hybridized carbons (Fsp3) is 0.0952. The summed E-state index contributed by atoms with van der Waals surface area (Å²) in [7, 11) is 1.25. The van der Waals surface area contributed by atoms with Gasteiger partial charge in [-0.25, -0.2) is 4.79 Å². The van der Waals surface area contributed by atoms with E-state index in [0.29, 0.717) is 10.7 Å². The first-order valence-corrected chi connectivity index (χ1v) is 10.4. The van der Waals surface area contributed by atoms with Gasteiger partial charge in [0.25, 0.3) is 11.1 Å². The molecule has 0 saturated carbocycles. The first kappa shape index (κ1) is 20.2. The number of hydrogen-bond donors (Lipinski definition) is 0. The van der Waals surface area contributed by atoms with E-state index < -0.39 is 17.1 Å². The number of hydrogen-bond acceptors (Lipinski definition) is 6. The third-order valence-corrected chi connectivity index (χ3v) is 5.78. The van der Waals surface area contributed by atoms with Crippen LogP contribution in [0.25, 0.3) is 11.8 Å². The predicted octanol–water partition coefficient (Wildman–Crippen LogP) is 4.86. The summed E-state index contributed by atoms with van der Waals surface area (Å²) in [4.78, 5) is 38.1. The van der Waals surface area contributed by atoms with Gasteiger partial charge in [-0.3, -0.25) is 14.5 Å². The Morgan fingerprint density at radius 1 is 1.20 bits per heavy atom. The van der Waals surface area contributed by atoms with Crippen LogP contribution in [-0.4, -0.2) is 33.7 Å². The smallest absolute Gasteiger partial charge is 0.373 e. The predicted molar refractivity (Wildman–Crippen MR) is 115 cm³/mol. The highest BCUT2D eigenvalue weighted by molar-refractivity contribution is 9.10. The highest BCUT2D eigenvalue weighted by atomic mass is 79.9. The Morgan fingerprint density at radius 3 is 2.80 bits per heavy atom. The number of methoxy groups -OCH3 is 1. The molecule has 0 aliphatic carbocycles. The topological polar surface area (TPSA) is 81.8 Å². The Morgan fingerprint density at radius 2 is 2.03 bits per heavy atom. The van der Waals surface area contributed by atoms with Crippen molar-refractivity contribution in [3.05, 3.63) is 81.3 Å². The van der Waals surface area contributed by atoms with Crippen LogP contribution >= 0.6 is 27.7 Å². The molecule has 3 aromatic rings. The van der Waals surface area contributed by atoms with Crippen molar-refractivity contribution < 1.29 is 23.5 Å². The average Bonchev–Trinajstić information content (AvgIpc) is 3.45. The van der Waals surface area contributed by atoms with E-state index in [1.54, 1.807) is 6.08 Å². The van der Waals surface area contributed by atoms with Crippen molar-refractivity contribution in [1.29, 1.82) is 0 Å². The van der Waals surface area contributed by atoms with Gasteiger partial charge >= 0.3 is 5.97 Å². The summed E-state index contributed by atoms with van der Waals surface area (Å²) in [5.74, 6) is -0.704. The molecule has 0 atom stereocenters. The van der Waals surface area contributed by atoms with E-state index in [9.17, 15) is 14.4 Å². The van der Waals surface area contributed by atoms with E-state index in [-0.39, 0.29) is 12.3 Å². The molecule has 1 saturated heterocycles. The van der Waals surface area contributed by atoms with Crippen LogP contribution in [0.5, 0.6) is 0 Å². The Balaban J connectivity index is 1.56. The Kier molecular flexibility index (Phi) is 5.65. The summed E-state index contributed by atoms with van der Waals surface area (Å²) in [6, 6.07) is 14.5. The summed E-state index contributed by atoms with van der Waals surface area (Å²) in [5, 5.41) is -0.400. The summed E-state index contributed by atoms with van der Waals surface area (Å²) in [5.41, 5.74) is 1.69. The van der Waals surface area contributed by atoms with Crippen LogP contribution in [0.15, 0.2) is 68.5 Å². The molecule has 1 aliphatic rings. The zero-order valence-electron chi connectivity index (χ0n) is 15.7. The van der Waals surface area contributed by atoms with Crippen LogP contribution in [0.1, 0.15) is 22.0 Å². The zero-order chi connectivity index (χ0) is 21.3. The first-order chi connectivity index (χ1) is 14.5. The number of aromatic nitrogens is 1. The van der Waals surface area contributed by atoms with Crippen LogP contribution < -0.4 is 0 Å². The summed E-state index contributed by atoms with van der Waals surface area (Å²) in [6.45, 7) is -0.0638. The maximum atomic E-state index is 12.8. The lowest BCUT2D eigenvalue weighted by molar-refractivity contribution is -0.123. The summed E-state index contributed by atoms with van der Waals surface area (Å²) < 4.78 is 12.8. The van der Waals surface area contributed by atoms with Gasteiger partial charge in [0, 0.05) is 22.1 Å². The van der Waals surface area contributed by atoms with E-state index in [2.05, 4.69) is 20.7 Å². The van der Waals surface area contributed by atoms with Crippen LogP contribution in [0, 0.1) is 0 Å². The van der Waals surface area contributed by atoms with Crippen molar-refractivity contribution in [2.24, 2.45) is 0 Å². The minimum absolute atomic E-state index is 0.0156. The maximum absolute atomic E-state index is 12.8. The first-order valence-electron chi connectivity index (χ1n) is 8.82. The minimum Gasteiger partial charge on any atom is -0.463 e. The van der Waals surface area contributed by atoms with Gasteiger partial charge in [-0.15, -0.1) is 0 Å². The molecule has 152 valence electrons. The second-order valence-corrected chi connectivity index (χ2v) is 8.22. The maximum Gasteiger partial charge on any atom is 0.373 e. The van der Waals surface area contributed by atoms with Gasteiger partial charge in [0.1, 0.15) is 5.76 Å². The number of rotatable bonds is 5. The third-order valence-electron chi connectivity index (χ3n) is 4.38. The molecule has 0 spiro atoms. The average molecular weight is 487 g/mol. The van der Waals surface area contributed by atoms with Gasteiger partial charge in [-0.05, 0) is 60.3 Å². The molecule has 1 fully saturated rings. The molecule has 1 aromatic carbocycles. The Bertz CT molecular complexity index is 1180. The number of esters is 1. The van der Waals surface area contributed by atoms with Gasteiger partial charge in [-0.2, -0.15) is 0 Å². The highest BCUT2D eigenvalue weighted by Crippen LogP contribution is 2.34. The van der Waals surface area contributed by atoms with Crippen LogP contribution in [-0.2, 0) is 16.1 Å². The lowest BCUT2D eigenvalue weighted by Crippen LogP contribution is -2.27. The third kappa shape index (κ3) is 3.99. The summed E-state index contributed by atoms with van der Waals surface area (Å²) in [6.07, 6.45) is 3.57. The quantitative estimate of drug-likeness (QED) is 0.378. The van der Waals surface area contributed by atoms with Gasteiger partial charge in [0.15, 0.2) is 0 Å². The molecule has 3 heterocycles.